The molecule has 23 heavy (non-hydrogen) atoms. The van der Waals surface area contributed by atoms with Gasteiger partial charge >= 0.3 is 0 Å². The summed E-state index contributed by atoms with van der Waals surface area (Å²) in [5.74, 6) is 1.96. The highest BCUT2D eigenvalue weighted by molar-refractivity contribution is 5.38. The van der Waals surface area contributed by atoms with Crippen molar-refractivity contribution < 1.29 is 0 Å². The van der Waals surface area contributed by atoms with E-state index in [4.69, 9.17) is 4.98 Å². The fourth-order valence-corrected chi connectivity index (χ4v) is 2.77. The van der Waals surface area contributed by atoms with E-state index in [9.17, 15) is 0 Å². The Labute approximate surface area is 138 Å². The second-order valence-electron chi connectivity index (χ2n) is 7.11. The molecular weight excluding hydrogens is 286 g/mol. The van der Waals surface area contributed by atoms with E-state index in [0.717, 1.165) is 44.4 Å². The number of nitrogens with zero attached hydrogens (tertiary/aromatic N) is 5. The van der Waals surface area contributed by atoms with E-state index in [0.29, 0.717) is 0 Å². The Morgan fingerprint density at radius 2 is 1.65 bits per heavy atom. The molecule has 3 rings (SSSR count). The van der Waals surface area contributed by atoms with Crippen LogP contribution in [0.2, 0.25) is 0 Å². The lowest BCUT2D eigenvalue weighted by Gasteiger charge is -2.35. The van der Waals surface area contributed by atoms with Crippen LogP contribution in [-0.2, 0) is 12.0 Å². The third kappa shape index (κ3) is 4.05. The van der Waals surface area contributed by atoms with Gasteiger partial charge in [-0.05, 0) is 23.8 Å². The van der Waals surface area contributed by atoms with E-state index in [1.807, 2.05) is 24.7 Å². The lowest BCUT2D eigenvalue weighted by molar-refractivity contribution is 0.249. The smallest absolute Gasteiger partial charge is 0.135 e. The van der Waals surface area contributed by atoms with Crippen molar-refractivity contribution >= 4 is 5.82 Å². The summed E-state index contributed by atoms with van der Waals surface area (Å²) in [6.07, 6.45) is 5.60. The molecule has 0 amide bonds. The molecule has 5 nitrogen and oxygen atoms in total. The molecule has 0 radical (unpaired) electrons. The molecule has 1 aliphatic rings. The SMILES string of the molecule is CC(C)(C)c1nccc(N2CCN(Cc3ccncc3)CC2)n1. The maximum absolute atomic E-state index is 4.76. The Balaban J connectivity index is 1.61. The van der Waals surface area contributed by atoms with Crippen molar-refractivity contribution in [2.24, 2.45) is 0 Å². The molecule has 1 saturated heterocycles. The highest BCUT2D eigenvalue weighted by atomic mass is 15.3. The number of hydrogen-bond acceptors (Lipinski definition) is 5. The molecule has 2 aromatic heterocycles. The van der Waals surface area contributed by atoms with E-state index in [1.54, 1.807) is 0 Å². The van der Waals surface area contributed by atoms with Crippen LogP contribution in [0.3, 0.4) is 0 Å². The third-order valence-corrected chi connectivity index (χ3v) is 4.16. The predicted octanol–water partition coefficient (Wildman–Crippen LogP) is 2.49. The lowest BCUT2D eigenvalue weighted by Crippen LogP contribution is -2.46. The zero-order chi connectivity index (χ0) is 16.3. The molecule has 1 fully saturated rings. The number of aromatic nitrogens is 3. The molecule has 5 heteroatoms. The number of hydrogen-bond donors (Lipinski definition) is 0. The minimum absolute atomic E-state index is 0.0147. The molecule has 0 aliphatic carbocycles. The van der Waals surface area contributed by atoms with Gasteiger partial charge in [0.2, 0.25) is 0 Å². The Kier molecular flexibility index (Phi) is 4.57. The molecule has 0 spiro atoms. The number of pyridine rings is 1. The van der Waals surface area contributed by atoms with E-state index >= 15 is 0 Å². The maximum atomic E-state index is 4.76. The highest BCUT2D eigenvalue weighted by Gasteiger charge is 2.21. The van der Waals surface area contributed by atoms with Gasteiger partial charge < -0.3 is 4.90 Å². The van der Waals surface area contributed by atoms with Gasteiger partial charge in [-0.25, -0.2) is 9.97 Å². The Morgan fingerprint density at radius 3 is 2.30 bits per heavy atom. The first-order chi connectivity index (χ1) is 11.0. The van der Waals surface area contributed by atoms with Crippen molar-refractivity contribution in [3.05, 3.63) is 48.2 Å². The molecule has 0 saturated carbocycles. The van der Waals surface area contributed by atoms with Gasteiger partial charge in [0.25, 0.3) is 0 Å². The minimum Gasteiger partial charge on any atom is -0.354 e. The number of anilines is 1. The third-order valence-electron chi connectivity index (χ3n) is 4.16. The van der Waals surface area contributed by atoms with Crippen LogP contribution in [0.1, 0.15) is 32.2 Å². The Hall–Kier alpha value is -2.01. The standard InChI is InChI=1S/C18H25N5/c1-18(2,3)17-20-9-6-16(21-17)23-12-10-22(11-13-23)14-15-4-7-19-8-5-15/h4-9H,10-14H2,1-3H3. The monoisotopic (exact) mass is 311 g/mol. The normalized spacial score (nSPS) is 16.6. The summed E-state index contributed by atoms with van der Waals surface area (Å²) in [5.41, 5.74) is 1.31. The van der Waals surface area contributed by atoms with E-state index < -0.39 is 0 Å². The van der Waals surface area contributed by atoms with Gasteiger partial charge in [0.15, 0.2) is 0 Å². The van der Waals surface area contributed by atoms with Gasteiger partial charge in [-0.15, -0.1) is 0 Å². The summed E-state index contributed by atoms with van der Waals surface area (Å²) in [7, 11) is 0. The van der Waals surface area contributed by atoms with Crippen molar-refractivity contribution in [3.8, 4) is 0 Å². The van der Waals surface area contributed by atoms with Gasteiger partial charge in [0.1, 0.15) is 11.6 Å². The minimum atomic E-state index is -0.0147. The zero-order valence-electron chi connectivity index (χ0n) is 14.2. The Bertz CT molecular complexity index is 627. The summed E-state index contributed by atoms with van der Waals surface area (Å²) >= 11 is 0. The van der Waals surface area contributed by atoms with Crippen molar-refractivity contribution in [1.29, 1.82) is 0 Å². The van der Waals surface area contributed by atoms with Crippen molar-refractivity contribution in [2.45, 2.75) is 32.7 Å². The van der Waals surface area contributed by atoms with E-state index in [-0.39, 0.29) is 5.41 Å². The average molecular weight is 311 g/mol. The molecule has 0 aromatic carbocycles. The largest absolute Gasteiger partial charge is 0.354 e. The topological polar surface area (TPSA) is 45.2 Å². The van der Waals surface area contributed by atoms with Crippen molar-refractivity contribution in [2.75, 3.05) is 31.1 Å². The van der Waals surface area contributed by atoms with Gasteiger partial charge in [-0.1, -0.05) is 20.8 Å². The molecule has 122 valence electrons. The van der Waals surface area contributed by atoms with Gasteiger partial charge in [0.05, 0.1) is 0 Å². The molecule has 0 unspecified atom stereocenters. The van der Waals surface area contributed by atoms with Crippen LogP contribution < -0.4 is 4.90 Å². The first-order valence-electron chi connectivity index (χ1n) is 8.22. The summed E-state index contributed by atoms with van der Waals surface area (Å²) in [6, 6.07) is 6.20. The second-order valence-corrected chi connectivity index (χ2v) is 7.11. The van der Waals surface area contributed by atoms with Crippen LogP contribution in [0.15, 0.2) is 36.8 Å². The van der Waals surface area contributed by atoms with Crippen LogP contribution in [-0.4, -0.2) is 46.0 Å². The van der Waals surface area contributed by atoms with Crippen molar-refractivity contribution in [1.82, 2.24) is 19.9 Å². The van der Waals surface area contributed by atoms with Gasteiger partial charge in [-0.3, -0.25) is 9.88 Å². The van der Waals surface area contributed by atoms with Crippen LogP contribution in [0.4, 0.5) is 5.82 Å². The number of piperazine rings is 1. The fraction of sp³-hybridized carbons (Fsp3) is 0.500. The summed E-state index contributed by atoms with van der Waals surface area (Å²) in [4.78, 5) is 18.1. The molecule has 0 bridgehead atoms. The molecule has 0 atom stereocenters. The van der Waals surface area contributed by atoms with Gasteiger partial charge in [-0.2, -0.15) is 0 Å². The lowest BCUT2D eigenvalue weighted by atomic mass is 9.96. The van der Waals surface area contributed by atoms with Gasteiger partial charge in [0, 0.05) is 56.7 Å². The van der Waals surface area contributed by atoms with Crippen LogP contribution in [0, 0.1) is 0 Å². The van der Waals surface area contributed by atoms with Crippen LogP contribution in [0.25, 0.3) is 0 Å². The highest BCUT2D eigenvalue weighted by Crippen LogP contribution is 2.21. The summed E-state index contributed by atoms with van der Waals surface area (Å²) < 4.78 is 0. The zero-order valence-corrected chi connectivity index (χ0v) is 14.2. The average Bonchev–Trinajstić information content (AvgIpc) is 2.56. The quantitative estimate of drug-likeness (QED) is 0.871. The predicted molar refractivity (Wildman–Crippen MR) is 92.5 cm³/mol. The van der Waals surface area contributed by atoms with E-state index in [1.165, 1.54) is 5.56 Å². The molecule has 0 N–H and O–H groups in total. The molecule has 2 aromatic rings. The first-order valence-corrected chi connectivity index (χ1v) is 8.22. The maximum Gasteiger partial charge on any atom is 0.135 e. The fourth-order valence-electron chi connectivity index (χ4n) is 2.77. The van der Waals surface area contributed by atoms with Crippen LogP contribution >= 0.6 is 0 Å². The second kappa shape index (κ2) is 6.62. The van der Waals surface area contributed by atoms with Crippen molar-refractivity contribution in [3.63, 3.8) is 0 Å². The molecule has 3 heterocycles. The Morgan fingerprint density at radius 1 is 0.957 bits per heavy atom. The first kappa shape index (κ1) is 15.9. The van der Waals surface area contributed by atoms with Crippen LogP contribution in [0.5, 0.6) is 0 Å². The summed E-state index contributed by atoms with van der Waals surface area (Å²) in [5, 5.41) is 0. The molecule has 1 aliphatic heterocycles. The molecular formula is C18H25N5. The number of rotatable bonds is 3. The summed E-state index contributed by atoms with van der Waals surface area (Å²) in [6.45, 7) is 11.6. The van der Waals surface area contributed by atoms with E-state index in [2.05, 4.69) is 52.7 Å².